The smallest absolute Gasteiger partial charge is 0.0951 e. The molecule has 0 bridgehead atoms. The van der Waals surface area contributed by atoms with Crippen LogP contribution in [0.1, 0.15) is 38.3 Å². The maximum absolute atomic E-state index is 5.84. The molecule has 3 nitrogen and oxygen atoms in total. The van der Waals surface area contributed by atoms with Gasteiger partial charge in [0.2, 0.25) is 0 Å². The summed E-state index contributed by atoms with van der Waals surface area (Å²) in [5.41, 5.74) is 1.20. The minimum Gasteiger partial charge on any atom is -0.472 e. The van der Waals surface area contributed by atoms with Gasteiger partial charge in [-0.3, -0.25) is 0 Å². The molecule has 1 aliphatic heterocycles. The van der Waals surface area contributed by atoms with Crippen LogP contribution in [0.3, 0.4) is 0 Å². The predicted octanol–water partition coefficient (Wildman–Crippen LogP) is 2.75. The molecule has 0 aliphatic carbocycles. The van der Waals surface area contributed by atoms with E-state index in [9.17, 15) is 0 Å². The molecule has 16 heavy (non-hydrogen) atoms. The first kappa shape index (κ1) is 11.7. The Balaban J connectivity index is 2.08. The van der Waals surface area contributed by atoms with Crippen molar-refractivity contribution in [2.24, 2.45) is 5.92 Å². The van der Waals surface area contributed by atoms with Gasteiger partial charge in [-0.2, -0.15) is 0 Å². The van der Waals surface area contributed by atoms with Crippen LogP contribution in [0.2, 0.25) is 0 Å². The van der Waals surface area contributed by atoms with Gasteiger partial charge < -0.3 is 14.5 Å². The van der Waals surface area contributed by atoms with Gasteiger partial charge in [-0.05, 0) is 31.4 Å². The molecular formula is C13H21NO2. The van der Waals surface area contributed by atoms with Gasteiger partial charge in [0.05, 0.1) is 24.7 Å². The van der Waals surface area contributed by atoms with Crippen LogP contribution in [0.5, 0.6) is 0 Å². The van der Waals surface area contributed by atoms with Crippen LogP contribution < -0.4 is 5.32 Å². The summed E-state index contributed by atoms with van der Waals surface area (Å²) in [6, 6.07) is 2.30. The Bertz CT molecular complexity index is 297. The molecular weight excluding hydrogens is 202 g/mol. The van der Waals surface area contributed by atoms with Crippen molar-refractivity contribution in [1.82, 2.24) is 5.32 Å². The zero-order valence-electron chi connectivity index (χ0n) is 10.1. The molecule has 1 fully saturated rings. The van der Waals surface area contributed by atoms with Crippen molar-refractivity contribution < 1.29 is 9.15 Å². The van der Waals surface area contributed by atoms with Crippen molar-refractivity contribution >= 4 is 0 Å². The zero-order valence-corrected chi connectivity index (χ0v) is 10.1. The average Bonchev–Trinajstić information content (AvgIpc) is 2.91. The van der Waals surface area contributed by atoms with Gasteiger partial charge in [-0.15, -0.1) is 0 Å². The standard InChI is InChI=1S/C13H21NO2/c1-3-6-14-12(11-5-7-15-9-11)13-10(2)4-8-16-13/h5,7,9-10,12-14H,3-4,6,8H2,1-2H3. The quantitative estimate of drug-likeness (QED) is 0.833. The van der Waals surface area contributed by atoms with Crippen LogP contribution in [0.4, 0.5) is 0 Å². The summed E-state index contributed by atoms with van der Waals surface area (Å²) in [4.78, 5) is 0. The molecule has 2 rings (SSSR count). The second kappa shape index (κ2) is 5.51. The van der Waals surface area contributed by atoms with Gasteiger partial charge in [0.1, 0.15) is 0 Å². The van der Waals surface area contributed by atoms with Crippen molar-refractivity contribution in [2.75, 3.05) is 13.2 Å². The second-order valence-electron chi connectivity index (χ2n) is 4.59. The number of ether oxygens (including phenoxy) is 1. The summed E-state index contributed by atoms with van der Waals surface area (Å²) >= 11 is 0. The maximum atomic E-state index is 5.84. The van der Waals surface area contributed by atoms with E-state index in [1.165, 1.54) is 5.56 Å². The van der Waals surface area contributed by atoms with E-state index < -0.39 is 0 Å². The molecule has 1 N–H and O–H groups in total. The largest absolute Gasteiger partial charge is 0.472 e. The molecule has 3 heteroatoms. The van der Waals surface area contributed by atoms with Gasteiger partial charge in [-0.25, -0.2) is 0 Å². The van der Waals surface area contributed by atoms with Crippen molar-refractivity contribution in [2.45, 2.75) is 38.8 Å². The average molecular weight is 223 g/mol. The van der Waals surface area contributed by atoms with Crippen LogP contribution in [0.15, 0.2) is 23.0 Å². The Labute approximate surface area is 97.2 Å². The lowest BCUT2D eigenvalue weighted by Crippen LogP contribution is -2.34. The normalized spacial score (nSPS) is 27.1. The van der Waals surface area contributed by atoms with Gasteiger partial charge in [0, 0.05) is 12.2 Å². The van der Waals surface area contributed by atoms with Crippen molar-refractivity contribution in [3.63, 3.8) is 0 Å². The SMILES string of the molecule is CCCNC(c1ccoc1)C1OCCC1C. The maximum Gasteiger partial charge on any atom is 0.0951 e. The molecule has 0 saturated carbocycles. The van der Waals surface area contributed by atoms with Crippen LogP contribution >= 0.6 is 0 Å². The summed E-state index contributed by atoms with van der Waals surface area (Å²) in [5.74, 6) is 0.615. The summed E-state index contributed by atoms with van der Waals surface area (Å²) in [7, 11) is 0. The Kier molecular flexibility index (Phi) is 4.02. The molecule has 0 radical (unpaired) electrons. The molecule has 0 spiro atoms. The molecule has 90 valence electrons. The molecule has 0 aromatic carbocycles. The van der Waals surface area contributed by atoms with E-state index in [-0.39, 0.29) is 12.1 Å². The van der Waals surface area contributed by atoms with Crippen LogP contribution in [0.25, 0.3) is 0 Å². The third-order valence-corrected chi connectivity index (χ3v) is 3.29. The molecule has 1 aromatic rings. The summed E-state index contributed by atoms with van der Waals surface area (Å²) in [6.07, 6.45) is 6.13. The Morgan fingerprint density at radius 2 is 2.44 bits per heavy atom. The first-order chi connectivity index (χ1) is 7.83. The van der Waals surface area contributed by atoms with Gasteiger partial charge in [0.25, 0.3) is 0 Å². The molecule has 1 aliphatic rings. The van der Waals surface area contributed by atoms with Gasteiger partial charge in [0.15, 0.2) is 0 Å². The number of hydrogen-bond donors (Lipinski definition) is 1. The minimum atomic E-state index is 0.274. The van der Waals surface area contributed by atoms with E-state index >= 15 is 0 Å². The summed E-state index contributed by atoms with van der Waals surface area (Å²) < 4.78 is 11.0. The molecule has 3 unspecified atom stereocenters. The zero-order chi connectivity index (χ0) is 11.4. The highest BCUT2D eigenvalue weighted by atomic mass is 16.5. The molecule has 0 amide bonds. The lowest BCUT2D eigenvalue weighted by molar-refractivity contribution is 0.0605. The first-order valence-electron chi connectivity index (χ1n) is 6.20. The predicted molar refractivity (Wildman–Crippen MR) is 63.3 cm³/mol. The highest BCUT2D eigenvalue weighted by molar-refractivity contribution is 5.14. The van der Waals surface area contributed by atoms with E-state index in [0.717, 1.165) is 26.0 Å². The highest BCUT2D eigenvalue weighted by Gasteiger charge is 2.33. The van der Waals surface area contributed by atoms with Crippen molar-refractivity contribution in [3.8, 4) is 0 Å². The van der Waals surface area contributed by atoms with Crippen molar-refractivity contribution in [3.05, 3.63) is 24.2 Å². The summed E-state index contributed by atoms with van der Waals surface area (Å²) in [5, 5.41) is 3.56. The lowest BCUT2D eigenvalue weighted by atomic mass is 9.94. The van der Waals surface area contributed by atoms with E-state index in [2.05, 4.69) is 19.2 Å². The highest BCUT2D eigenvalue weighted by Crippen LogP contribution is 2.31. The molecule has 3 atom stereocenters. The fourth-order valence-electron chi connectivity index (χ4n) is 2.32. The topological polar surface area (TPSA) is 34.4 Å². The third-order valence-electron chi connectivity index (χ3n) is 3.29. The van der Waals surface area contributed by atoms with E-state index in [4.69, 9.17) is 9.15 Å². The van der Waals surface area contributed by atoms with E-state index in [1.54, 1.807) is 6.26 Å². The number of hydrogen-bond acceptors (Lipinski definition) is 3. The Morgan fingerprint density at radius 1 is 1.56 bits per heavy atom. The van der Waals surface area contributed by atoms with Gasteiger partial charge >= 0.3 is 0 Å². The third kappa shape index (κ3) is 2.47. The van der Waals surface area contributed by atoms with Crippen molar-refractivity contribution in [1.29, 1.82) is 0 Å². The monoisotopic (exact) mass is 223 g/mol. The van der Waals surface area contributed by atoms with Gasteiger partial charge in [-0.1, -0.05) is 13.8 Å². The fraction of sp³-hybridized carbons (Fsp3) is 0.692. The molecule has 1 aromatic heterocycles. The summed E-state index contributed by atoms with van der Waals surface area (Å²) in [6.45, 7) is 6.34. The molecule has 2 heterocycles. The van der Waals surface area contributed by atoms with Crippen LogP contribution in [-0.4, -0.2) is 19.3 Å². The van der Waals surface area contributed by atoms with E-state index in [1.807, 2.05) is 12.3 Å². The second-order valence-corrected chi connectivity index (χ2v) is 4.59. The number of rotatable bonds is 5. The first-order valence-corrected chi connectivity index (χ1v) is 6.20. The Morgan fingerprint density at radius 3 is 3.00 bits per heavy atom. The number of nitrogens with one attached hydrogen (secondary N) is 1. The van der Waals surface area contributed by atoms with E-state index in [0.29, 0.717) is 5.92 Å². The Hall–Kier alpha value is -0.800. The van der Waals surface area contributed by atoms with Crippen LogP contribution in [-0.2, 0) is 4.74 Å². The number of furan rings is 1. The lowest BCUT2D eigenvalue weighted by Gasteiger charge is -2.26. The van der Waals surface area contributed by atoms with Crippen LogP contribution in [0, 0.1) is 5.92 Å². The molecule has 1 saturated heterocycles. The fourth-order valence-corrected chi connectivity index (χ4v) is 2.32. The minimum absolute atomic E-state index is 0.274.